The Labute approximate surface area is 127 Å². The van der Waals surface area contributed by atoms with Crippen LogP contribution < -0.4 is 5.32 Å². The molecule has 2 aromatic heterocycles. The summed E-state index contributed by atoms with van der Waals surface area (Å²) in [5.74, 6) is -0.145. The van der Waals surface area contributed by atoms with Crippen LogP contribution in [-0.4, -0.2) is 27.3 Å². The molecule has 1 amide bonds. The number of ether oxygens (including phenoxy) is 1. The number of carbonyl (C=O) groups is 1. The standard InChI is InChI=1S/C14H18N4O2S/c1-9-7-15-12(21-9)8-16-14(19)10-4-6-20-13(10)11-3-5-17-18(11)2/h3,5,7,10,13H,4,6,8H2,1-2H3,(H,16,19)/t10-,13-/m1/s1. The molecule has 0 aromatic carbocycles. The normalized spacial score (nSPS) is 21.6. The van der Waals surface area contributed by atoms with Crippen molar-refractivity contribution in [2.24, 2.45) is 13.0 Å². The summed E-state index contributed by atoms with van der Waals surface area (Å²) >= 11 is 1.60. The van der Waals surface area contributed by atoms with Crippen molar-refractivity contribution in [2.45, 2.75) is 26.0 Å². The zero-order valence-corrected chi connectivity index (χ0v) is 12.9. The third-order valence-electron chi connectivity index (χ3n) is 3.66. The molecule has 21 heavy (non-hydrogen) atoms. The van der Waals surface area contributed by atoms with Crippen LogP contribution in [-0.2, 0) is 23.1 Å². The van der Waals surface area contributed by atoms with Crippen molar-refractivity contribution in [3.8, 4) is 0 Å². The maximum atomic E-state index is 12.4. The third-order valence-corrected chi connectivity index (χ3v) is 4.57. The molecule has 2 atom stereocenters. The SMILES string of the molecule is Cc1cnc(CNC(=O)[C@@H]2CCO[C@H]2c2ccnn2C)s1. The second-order valence-corrected chi connectivity index (χ2v) is 6.47. The number of hydrogen-bond donors (Lipinski definition) is 1. The minimum Gasteiger partial charge on any atom is -0.371 e. The number of aromatic nitrogens is 3. The van der Waals surface area contributed by atoms with Gasteiger partial charge in [-0.05, 0) is 19.4 Å². The quantitative estimate of drug-likeness (QED) is 0.931. The van der Waals surface area contributed by atoms with Gasteiger partial charge >= 0.3 is 0 Å². The van der Waals surface area contributed by atoms with Crippen molar-refractivity contribution in [3.05, 3.63) is 34.0 Å². The second-order valence-electron chi connectivity index (χ2n) is 5.15. The van der Waals surface area contributed by atoms with Crippen LogP contribution in [0.1, 0.15) is 28.1 Å². The number of rotatable bonds is 4. The van der Waals surface area contributed by atoms with E-state index in [0.717, 1.165) is 22.0 Å². The predicted molar refractivity (Wildman–Crippen MR) is 78.7 cm³/mol. The van der Waals surface area contributed by atoms with Gasteiger partial charge in [0.05, 0.1) is 18.2 Å². The summed E-state index contributed by atoms with van der Waals surface area (Å²) in [6.07, 6.45) is 4.07. The summed E-state index contributed by atoms with van der Waals surface area (Å²) in [5.41, 5.74) is 0.942. The highest BCUT2D eigenvalue weighted by Gasteiger charge is 2.36. The summed E-state index contributed by atoms with van der Waals surface area (Å²) < 4.78 is 7.50. The summed E-state index contributed by atoms with van der Waals surface area (Å²) in [4.78, 5) is 17.8. The van der Waals surface area contributed by atoms with Gasteiger partial charge in [-0.25, -0.2) is 4.98 Å². The van der Waals surface area contributed by atoms with Gasteiger partial charge in [0.15, 0.2) is 0 Å². The Hall–Kier alpha value is -1.73. The molecule has 1 aliphatic rings. The first-order valence-electron chi connectivity index (χ1n) is 6.93. The van der Waals surface area contributed by atoms with Crippen LogP contribution in [0.2, 0.25) is 0 Å². The zero-order chi connectivity index (χ0) is 14.8. The van der Waals surface area contributed by atoms with Gasteiger partial charge in [-0.1, -0.05) is 0 Å². The summed E-state index contributed by atoms with van der Waals surface area (Å²) in [6, 6.07) is 1.90. The van der Waals surface area contributed by atoms with Gasteiger partial charge < -0.3 is 10.1 Å². The van der Waals surface area contributed by atoms with E-state index < -0.39 is 0 Å². The third kappa shape index (κ3) is 2.98. The first-order valence-corrected chi connectivity index (χ1v) is 7.75. The fourth-order valence-corrected chi connectivity index (χ4v) is 3.32. The maximum Gasteiger partial charge on any atom is 0.226 e. The molecular formula is C14H18N4O2S. The number of aryl methyl sites for hydroxylation is 2. The van der Waals surface area contributed by atoms with Crippen molar-refractivity contribution in [2.75, 3.05) is 6.61 Å². The lowest BCUT2D eigenvalue weighted by atomic mass is 9.98. The Morgan fingerprint density at radius 3 is 3.14 bits per heavy atom. The van der Waals surface area contributed by atoms with Crippen LogP contribution >= 0.6 is 11.3 Å². The van der Waals surface area contributed by atoms with E-state index in [-0.39, 0.29) is 17.9 Å². The Morgan fingerprint density at radius 2 is 2.48 bits per heavy atom. The van der Waals surface area contributed by atoms with Crippen LogP contribution in [0.25, 0.3) is 0 Å². The molecule has 1 fully saturated rings. The van der Waals surface area contributed by atoms with Crippen LogP contribution in [0.5, 0.6) is 0 Å². The fourth-order valence-electron chi connectivity index (χ4n) is 2.59. The minimum atomic E-state index is -0.212. The van der Waals surface area contributed by atoms with Gasteiger partial charge in [-0.3, -0.25) is 9.48 Å². The largest absolute Gasteiger partial charge is 0.371 e. The highest BCUT2D eigenvalue weighted by molar-refractivity contribution is 7.11. The predicted octanol–water partition coefficient (Wildman–Crippen LogP) is 1.58. The number of nitrogens with one attached hydrogen (secondary N) is 1. The number of nitrogens with zero attached hydrogens (tertiary/aromatic N) is 3. The topological polar surface area (TPSA) is 69.0 Å². The Balaban J connectivity index is 1.65. The van der Waals surface area contributed by atoms with E-state index >= 15 is 0 Å². The molecule has 1 aliphatic heterocycles. The van der Waals surface area contributed by atoms with Gasteiger partial charge in [0.2, 0.25) is 5.91 Å². The van der Waals surface area contributed by atoms with E-state index in [4.69, 9.17) is 4.74 Å². The van der Waals surface area contributed by atoms with Crippen LogP contribution in [0.15, 0.2) is 18.5 Å². The number of carbonyl (C=O) groups excluding carboxylic acids is 1. The second kappa shape index (κ2) is 5.95. The Bertz CT molecular complexity index is 636. The lowest BCUT2D eigenvalue weighted by molar-refractivity contribution is -0.127. The van der Waals surface area contributed by atoms with Crippen LogP contribution in [0, 0.1) is 12.8 Å². The molecule has 3 heterocycles. The lowest BCUT2D eigenvalue weighted by Crippen LogP contribution is -2.32. The van der Waals surface area contributed by atoms with Gasteiger partial charge in [-0.2, -0.15) is 5.10 Å². The van der Waals surface area contributed by atoms with E-state index in [1.165, 1.54) is 0 Å². The molecule has 2 aromatic rings. The summed E-state index contributed by atoms with van der Waals surface area (Å²) in [5, 5.41) is 8.04. The molecular weight excluding hydrogens is 288 g/mol. The first-order chi connectivity index (χ1) is 10.1. The lowest BCUT2D eigenvalue weighted by Gasteiger charge is -2.18. The highest BCUT2D eigenvalue weighted by atomic mass is 32.1. The molecule has 1 saturated heterocycles. The van der Waals surface area contributed by atoms with Gasteiger partial charge in [0.25, 0.3) is 0 Å². The van der Waals surface area contributed by atoms with Crippen LogP contribution in [0.4, 0.5) is 0 Å². The fraction of sp³-hybridized carbons (Fsp3) is 0.500. The zero-order valence-electron chi connectivity index (χ0n) is 12.1. The van der Waals surface area contributed by atoms with E-state index in [9.17, 15) is 4.79 Å². The molecule has 0 bridgehead atoms. The van der Waals surface area contributed by atoms with E-state index in [2.05, 4.69) is 15.4 Å². The van der Waals surface area contributed by atoms with Crippen LogP contribution in [0.3, 0.4) is 0 Å². The highest BCUT2D eigenvalue weighted by Crippen LogP contribution is 2.34. The average Bonchev–Trinajstić information content (AvgIpc) is 3.16. The maximum absolute atomic E-state index is 12.4. The van der Waals surface area contributed by atoms with E-state index in [1.807, 2.05) is 26.2 Å². The number of thiazole rings is 1. The molecule has 0 unspecified atom stereocenters. The Kier molecular flexibility index (Phi) is 4.03. The first kappa shape index (κ1) is 14.2. The Morgan fingerprint density at radius 1 is 1.62 bits per heavy atom. The number of amides is 1. The number of hydrogen-bond acceptors (Lipinski definition) is 5. The minimum absolute atomic E-state index is 0.0200. The molecule has 0 radical (unpaired) electrons. The monoisotopic (exact) mass is 306 g/mol. The molecule has 0 saturated carbocycles. The smallest absolute Gasteiger partial charge is 0.226 e. The van der Waals surface area contributed by atoms with Crippen molar-refractivity contribution in [3.63, 3.8) is 0 Å². The molecule has 1 N–H and O–H groups in total. The van der Waals surface area contributed by atoms with Gasteiger partial charge in [0.1, 0.15) is 11.1 Å². The van der Waals surface area contributed by atoms with Gasteiger partial charge in [0, 0.05) is 30.9 Å². The molecule has 0 spiro atoms. The molecule has 112 valence electrons. The average molecular weight is 306 g/mol. The molecule has 0 aliphatic carbocycles. The van der Waals surface area contributed by atoms with E-state index in [1.54, 1.807) is 22.2 Å². The van der Waals surface area contributed by atoms with Crippen molar-refractivity contribution in [1.82, 2.24) is 20.1 Å². The summed E-state index contributed by atoms with van der Waals surface area (Å²) in [7, 11) is 1.87. The van der Waals surface area contributed by atoms with Gasteiger partial charge in [-0.15, -0.1) is 11.3 Å². The molecule has 7 heteroatoms. The molecule has 3 rings (SSSR count). The van der Waals surface area contributed by atoms with Crippen molar-refractivity contribution in [1.29, 1.82) is 0 Å². The van der Waals surface area contributed by atoms with Crippen molar-refractivity contribution >= 4 is 17.2 Å². The summed E-state index contributed by atoms with van der Waals surface area (Å²) in [6.45, 7) is 3.09. The van der Waals surface area contributed by atoms with E-state index in [0.29, 0.717) is 13.2 Å². The van der Waals surface area contributed by atoms with Crippen molar-refractivity contribution < 1.29 is 9.53 Å². The molecule has 6 nitrogen and oxygen atoms in total.